The second kappa shape index (κ2) is 4.72. The summed E-state index contributed by atoms with van der Waals surface area (Å²) < 4.78 is 19.2. The molecule has 1 heterocycles. The van der Waals surface area contributed by atoms with Crippen LogP contribution in [-0.2, 0) is 0 Å². The molecule has 2 atom stereocenters. The second-order valence-corrected chi connectivity index (χ2v) is 5.35. The lowest BCUT2D eigenvalue weighted by Crippen LogP contribution is -2.29. The molecule has 102 valence electrons. The Morgan fingerprint density at radius 1 is 1.26 bits per heavy atom. The summed E-state index contributed by atoms with van der Waals surface area (Å²) in [6, 6.07) is 6.40. The number of halogens is 1. The minimum Gasteiger partial charge on any atom is -0.487 e. The van der Waals surface area contributed by atoms with E-state index < -0.39 is 6.09 Å². The fourth-order valence-corrected chi connectivity index (χ4v) is 3.22. The molecule has 2 fully saturated rings. The maximum Gasteiger partial charge on any atom is 0.407 e. The molecule has 1 aliphatic carbocycles. The van der Waals surface area contributed by atoms with Crippen molar-refractivity contribution < 1.29 is 19.0 Å². The third-order valence-electron chi connectivity index (χ3n) is 4.11. The van der Waals surface area contributed by atoms with E-state index in [1.165, 1.54) is 11.0 Å². The fourth-order valence-electron chi connectivity index (χ4n) is 3.22. The van der Waals surface area contributed by atoms with Crippen LogP contribution in [-0.4, -0.2) is 35.3 Å². The number of ether oxygens (including phenoxy) is 1. The Balaban J connectivity index is 1.60. The van der Waals surface area contributed by atoms with Crippen molar-refractivity contribution in [1.29, 1.82) is 0 Å². The minimum absolute atomic E-state index is 0.00263. The number of hydrogen-bond acceptors (Lipinski definition) is 2. The molecule has 1 aromatic carbocycles. The molecule has 0 radical (unpaired) electrons. The highest BCUT2D eigenvalue weighted by Crippen LogP contribution is 2.39. The van der Waals surface area contributed by atoms with Crippen molar-refractivity contribution >= 4 is 6.09 Å². The highest BCUT2D eigenvalue weighted by Gasteiger charge is 2.43. The zero-order valence-electron chi connectivity index (χ0n) is 10.5. The quantitative estimate of drug-likeness (QED) is 0.894. The van der Waals surface area contributed by atoms with Crippen molar-refractivity contribution in [2.45, 2.75) is 18.9 Å². The van der Waals surface area contributed by atoms with Gasteiger partial charge in [0.25, 0.3) is 0 Å². The summed E-state index contributed by atoms with van der Waals surface area (Å²) in [5, 5.41) is 8.95. The first-order chi connectivity index (χ1) is 9.13. The monoisotopic (exact) mass is 265 g/mol. The molecule has 19 heavy (non-hydrogen) atoms. The Kier molecular flexibility index (Phi) is 3.05. The average molecular weight is 265 g/mol. The first kappa shape index (κ1) is 12.3. The van der Waals surface area contributed by atoms with Gasteiger partial charge in [-0.25, -0.2) is 9.18 Å². The van der Waals surface area contributed by atoms with Crippen LogP contribution in [0.25, 0.3) is 0 Å². The van der Waals surface area contributed by atoms with Gasteiger partial charge >= 0.3 is 6.09 Å². The minimum atomic E-state index is -0.846. The Labute approximate surface area is 110 Å². The number of rotatable bonds is 2. The fraction of sp³-hybridized carbons (Fsp3) is 0.500. The lowest BCUT2D eigenvalue weighted by Gasteiger charge is -2.18. The highest BCUT2D eigenvalue weighted by atomic mass is 19.1. The molecule has 1 saturated carbocycles. The predicted octanol–water partition coefficient (Wildman–Crippen LogP) is 2.59. The summed E-state index contributed by atoms with van der Waals surface area (Å²) in [5.41, 5.74) is 0. The van der Waals surface area contributed by atoms with E-state index in [0.717, 1.165) is 12.8 Å². The molecule has 1 N–H and O–H groups in total. The molecular formula is C14H16FNO3. The summed E-state index contributed by atoms with van der Waals surface area (Å²) in [4.78, 5) is 12.4. The molecule has 0 aromatic heterocycles. The number of carbonyl (C=O) groups is 1. The Morgan fingerprint density at radius 3 is 2.47 bits per heavy atom. The van der Waals surface area contributed by atoms with Crippen LogP contribution in [0.1, 0.15) is 12.8 Å². The zero-order valence-corrected chi connectivity index (χ0v) is 10.5. The van der Waals surface area contributed by atoms with Crippen LogP contribution in [0.5, 0.6) is 5.75 Å². The van der Waals surface area contributed by atoms with Gasteiger partial charge in [-0.15, -0.1) is 0 Å². The van der Waals surface area contributed by atoms with Gasteiger partial charge in [-0.1, -0.05) is 12.1 Å². The molecule has 0 bridgehead atoms. The van der Waals surface area contributed by atoms with Gasteiger partial charge in [0.1, 0.15) is 0 Å². The number of hydrogen-bond donors (Lipinski definition) is 1. The van der Waals surface area contributed by atoms with Gasteiger partial charge in [0.2, 0.25) is 0 Å². The van der Waals surface area contributed by atoms with Crippen molar-refractivity contribution in [3.05, 3.63) is 30.1 Å². The number of amides is 1. The maximum absolute atomic E-state index is 13.5. The predicted molar refractivity (Wildman–Crippen MR) is 66.6 cm³/mol. The van der Waals surface area contributed by atoms with E-state index in [9.17, 15) is 9.18 Å². The standard InChI is InChI=1S/C14H16FNO3/c15-12-3-1-2-4-13(12)19-11-5-9-7-16(14(17)18)8-10(9)6-11/h1-4,9-11H,5-8H2,(H,17,18). The summed E-state index contributed by atoms with van der Waals surface area (Å²) in [6.45, 7) is 1.16. The number of likely N-dealkylation sites (tertiary alicyclic amines) is 1. The van der Waals surface area contributed by atoms with E-state index in [2.05, 4.69) is 0 Å². The first-order valence-electron chi connectivity index (χ1n) is 6.52. The Bertz CT molecular complexity index is 479. The van der Waals surface area contributed by atoms with E-state index in [4.69, 9.17) is 9.84 Å². The molecule has 2 aliphatic rings. The Hall–Kier alpha value is -1.78. The molecule has 0 spiro atoms. The average Bonchev–Trinajstić information content (AvgIpc) is 2.90. The van der Waals surface area contributed by atoms with Gasteiger partial charge in [0, 0.05) is 13.1 Å². The summed E-state index contributed by atoms with van der Waals surface area (Å²) >= 11 is 0. The largest absolute Gasteiger partial charge is 0.487 e. The molecular weight excluding hydrogens is 249 g/mol. The van der Waals surface area contributed by atoms with Crippen molar-refractivity contribution in [3.8, 4) is 5.75 Å². The molecule has 1 aliphatic heterocycles. The molecule has 1 aromatic rings. The summed E-state index contributed by atoms with van der Waals surface area (Å²) in [5.74, 6) is 0.662. The normalized spacial score (nSPS) is 29.3. The number of fused-ring (bicyclic) bond motifs is 1. The van der Waals surface area contributed by atoms with Crippen molar-refractivity contribution in [2.24, 2.45) is 11.8 Å². The lowest BCUT2D eigenvalue weighted by atomic mass is 10.0. The van der Waals surface area contributed by atoms with Gasteiger partial charge in [-0.05, 0) is 36.8 Å². The third-order valence-corrected chi connectivity index (χ3v) is 4.11. The zero-order chi connectivity index (χ0) is 13.4. The van der Waals surface area contributed by atoms with Gasteiger partial charge in [0.15, 0.2) is 11.6 Å². The van der Waals surface area contributed by atoms with E-state index in [0.29, 0.717) is 30.7 Å². The third kappa shape index (κ3) is 2.37. The number of benzene rings is 1. The Morgan fingerprint density at radius 2 is 1.89 bits per heavy atom. The first-order valence-corrected chi connectivity index (χ1v) is 6.52. The lowest BCUT2D eigenvalue weighted by molar-refractivity contribution is 0.143. The van der Waals surface area contributed by atoms with Crippen LogP contribution in [0.3, 0.4) is 0 Å². The second-order valence-electron chi connectivity index (χ2n) is 5.35. The molecule has 3 rings (SSSR count). The molecule has 1 amide bonds. The van der Waals surface area contributed by atoms with Crippen LogP contribution in [0, 0.1) is 17.7 Å². The van der Waals surface area contributed by atoms with Crippen LogP contribution in [0.15, 0.2) is 24.3 Å². The van der Waals surface area contributed by atoms with Crippen LogP contribution in [0.2, 0.25) is 0 Å². The highest BCUT2D eigenvalue weighted by molar-refractivity contribution is 5.65. The molecule has 5 heteroatoms. The number of carboxylic acid groups (broad SMARTS) is 1. The van der Waals surface area contributed by atoms with Gasteiger partial charge in [-0.3, -0.25) is 0 Å². The topological polar surface area (TPSA) is 49.8 Å². The van der Waals surface area contributed by atoms with Crippen molar-refractivity contribution in [2.75, 3.05) is 13.1 Å². The van der Waals surface area contributed by atoms with E-state index >= 15 is 0 Å². The van der Waals surface area contributed by atoms with E-state index in [1.807, 2.05) is 0 Å². The van der Waals surface area contributed by atoms with Gasteiger partial charge in [0.05, 0.1) is 6.10 Å². The maximum atomic E-state index is 13.5. The SMILES string of the molecule is O=C(O)N1CC2CC(Oc3ccccc3F)CC2C1. The van der Waals surface area contributed by atoms with Crippen LogP contribution >= 0.6 is 0 Å². The van der Waals surface area contributed by atoms with E-state index in [1.54, 1.807) is 18.2 Å². The van der Waals surface area contributed by atoms with Crippen molar-refractivity contribution in [1.82, 2.24) is 4.90 Å². The smallest absolute Gasteiger partial charge is 0.407 e. The van der Waals surface area contributed by atoms with Crippen molar-refractivity contribution in [3.63, 3.8) is 0 Å². The van der Waals surface area contributed by atoms with Gasteiger partial charge in [-0.2, -0.15) is 0 Å². The molecule has 1 saturated heterocycles. The molecule has 2 unspecified atom stereocenters. The number of nitrogens with zero attached hydrogens (tertiary/aromatic N) is 1. The van der Waals surface area contributed by atoms with Crippen LogP contribution in [0.4, 0.5) is 9.18 Å². The summed E-state index contributed by atoms with van der Waals surface area (Å²) in [6.07, 6.45) is 0.773. The summed E-state index contributed by atoms with van der Waals surface area (Å²) in [7, 11) is 0. The van der Waals surface area contributed by atoms with Crippen LogP contribution < -0.4 is 4.74 Å². The van der Waals surface area contributed by atoms with E-state index in [-0.39, 0.29) is 11.9 Å². The number of para-hydroxylation sites is 1. The van der Waals surface area contributed by atoms with Gasteiger partial charge < -0.3 is 14.7 Å². The molecule has 4 nitrogen and oxygen atoms in total.